The van der Waals surface area contributed by atoms with Gasteiger partial charge in [-0.3, -0.25) is 4.57 Å². The Bertz CT molecular complexity index is 1450. The first-order chi connectivity index (χ1) is 17.7. The molecule has 8 heteroatoms. The molecule has 1 unspecified atom stereocenters. The molecular formula is C28H28N6O2. The van der Waals surface area contributed by atoms with Gasteiger partial charge in [-0.25, -0.2) is 9.97 Å². The summed E-state index contributed by atoms with van der Waals surface area (Å²) >= 11 is 0. The highest BCUT2D eigenvalue weighted by molar-refractivity contribution is 5.81. The van der Waals surface area contributed by atoms with E-state index < -0.39 is 0 Å². The Morgan fingerprint density at radius 2 is 1.67 bits per heavy atom. The topological polar surface area (TPSA) is 86.1 Å². The summed E-state index contributed by atoms with van der Waals surface area (Å²) in [6, 6.07) is 24.0. The Kier molecular flexibility index (Phi) is 6.66. The molecular weight excluding hydrogens is 452 g/mol. The quantitative estimate of drug-likeness (QED) is 0.283. The van der Waals surface area contributed by atoms with Crippen LogP contribution in [-0.2, 0) is 6.54 Å². The average molecular weight is 481 g/mol. The molecule has 0 fully saturated rings. The number of rotatable bonds is 9. The van der Waals surface area contributed by atoms with Crippen LogP contribution in [0, 0.1) is 0 Å². The zero-order valence-corrected chi connectivity index (χ0v) is 20.5. The van der Waals surface area contributed by atoms with Gasteiger partial charge in [0, 0.05) is 18.4 Å². The van der Waals surface area contributed by atoms with Crippen LogP contribution < -0.4 is 20.1 Å². The van der Waals surface area contributed by atoms with E-state index in [9.17, 15) is 0 Å². The first-order valence-electron chi connectivity index (χ1n) is 11.7. The molecule has 2 aromatic heterocycles. The van der Waals surface area contributed by atoms with Crippen LogP contribution in [0.15, 0.2) is 85.3 Å². The number of hydrogen-bond donors (Lipinski definition) is 2. The summed E-state index contributed by atoms with van der Waals surface area (Å²) in [5.41, 5.74) is 4.89. The maximum absolute atomic E-state index is 5.50. The van der Waals surface area contributed by atoms with Crippen molar-refractivity contribution in [2.24, 2.45) is 0 Å². The fourth-order valence-corrected chi connectivity index (χ4v) is 4.17. The van der Waals surface area contributed by atoms with Crippen LogP contribution in [-0.4, -0.2) is 33.7 Å². The fourth-order valence-electron chi connectivity index (χ4n) is 4.17. The predicted molar refractivity (Wildman–Crippen MR) is 142 cm³/mol. The lowest BCUT2D eigenvalue weighted by atomic mass is 10.1. The van der Waals surface area contributed by atoms with E-state index in [0.29, 0.717) is 12.5 Å². The van der Waals surface area contributed by atoms with E-state index in [1.54, 1.807) is 26.7 Å². The number of aromatic nitrogens is 4. The number of benzene rings is 3. The van der Waals surface area contributed by atoms with Crippen LogP contribution in [0.25, 0.3) is 16.9 Å². The van der Waals surface area contributed by atoms with Gasteiger partial charge in [0.05, 0.1) is 36.9 Å². The number of nitrogens with zero attached hydrogens (tertiary/aromatic N) is 4. The number of anilines is 2. The van der Waals surface area contributed by atoms with E-state index in [0.717, 1.165) is 39.6 Å². The number of ether oxygens (including phenoxy) is 2. The summed E-state index contributed by atoms with van der Waals surface area (Å²) < 4.78 is 13.0. The van der Waals surface area contributed by atoms with Crippen molar-refractivity contribution in [1.29, 1.82) is 0 Å². The fraction of sp³-hybridized carbons (Fsp3) is 0.179. The van der Waals surface area contributed by atoms with Gasteiger partial charge in [-0.05, 0) is 48.9 Å². The first-order valence-corrected chi connectivity index (χ1v) is 11.7. The highest BCUT2D eigenvalue weighted by Gasteiger charge is 2.12. The predicted octanol–water partition coefficient (Wildman–Crippen LogP) is 5.62. The highest BCUT2D eigenvalue weighted by Crippen LogP contribution is 2.29. The lowest BCUT2D eigenvalue weighted by Crippen LogP contribution is -2.10. The molecule has 8 nitrogen and oxygen atoms in total. The van der Waals surface area contributed by atoms with Crippen molar-refractivity contribution in [3.63, 3.8) is 0 Å². The van der Waals surface area contributed by atoms with E-state index in [-0.39, 0.29) is 6.04 Å². The van der Waals surface area contributed by atoms with Gasteiger partial charge in [0.1, 0.15) is 23.6 Å². The van der Waals surface area contributed by atoms with Crippen LogP contribution >= 0.6 is 0 Å². The maximum Gasteiger partial charge on any atom is 0.225 e. The van der Waals surface area contributed by atoms with Crippen molar-refractivity contribution in [2.45, 2.75) is 19.5 Å². The SMILES string of the molecule is COc1cccc(OC)c1CNc1ccc2c(c1)ncn2-c1ccnc(NC(C)c2ccccc2)n1. The van der Waals surface area contributed by atoms with Gasteiger partial charge in [-0.15, -0.1) is 0 Å². The lowest BCUT2D eigenvalue weighted by molar-refractivity contribution is 0.386. The van der Waals surface area contributed by atoms with Crippen LogP contribution in [0.4, 0.5) is 11.6 Å². The molecule has 5 aromatic rings. The number of imidazole rings is 1. The van der Waals surface area contributed by atoms with Gasteiger partial charge in [-0.1, -0.05) is 36.4 Å². The third kappa shape index (κ3) is 4.79. The molecule has 1 atom stereocenters. The van der Waals surface area contributed by atoms with Crippen LogP contribution in [0.5, 0.6) is 11.5 Å². The zero-order chi connectivity index (χ0) is 24.9. The Morgan fingerprint density at radius 1 is 0.889 bits per heavy atom. The summed E-state index contributed by atoms with van der Waals surface area (Å²) in [6.45, 7) is 2.65. The molecule has 3 aromatic carbocycles. The number of fused-ring (bicyclic) bond motifs is 1. The second-order valence-corrected chi connectivity index (χ2v) is 8.33. The molecule has 2 N–H and O–H groups in total. The molecule has 0 aliphatic carbocycles. The van der Waals surface area contributed by atoms with Gasteiger partial charge >= 0.3 is 0 Å². The van der Waals surface area contributed by atoms with Crippen molar-refractivity contribution >= 4 is 22.7 Å². The highest BCUT2D eigenvalue weighted by atomic mass is 16.5. The minimum atomic E-state index is 0.0801. The molecule has 0 saturated carbocycles. The van der Waals surface area contributed by atoms with Gasteiger partial charge < -0.3 is 20.1 Å². The second-order valence-electron chi connectivity index (χ2n) is 8.33. The Morgan fingerprint density at radius 3 is 2.42 bits per heavy atom. The summed E-state index contributed by atoms with van der Waals surface area (Å²) in [4.78, 5) is 13.7. The monoisotopic (exact) mass is 480 g/mol. The van der Waals surface area contributed by atoms with E-state index in [4.69, 9.17) is 14.5 Å². The molecule has 5 rings (SSSR count). The number of hydrogen-bond acceptors (Lipinski definition) is 7. The third-order valence-electron chi connectivity index (χ3n) is 6.08. The minimum Gasteiger partial charge on any atom is -0.496 e. The van der Waals surface area contributed by atoms with Crippen molar-refractivity contribution in [2.75, 3.05) is 24.9 Å². The molecule has 0 spiro atoms. The largest absolute Gasteiger partial charge is 0.496 e. The molecule has 0 amide bonds. The minimum absolute atomic E-state index is 0.0801. The van der Waals surface area contributed by atoms with Crippen LogP contribution in [0.2, 0.25) is 0 Å². The molecule has 2 heterocycles. The van der Waals surface area contributed by atoms with Crippen LogP contribution in [0.3, 0.4) is 0 Å². The second kappa shape index (κ2) is 10.4. The molecule has 0 radical (unpaired) electrons. The van der Waals surface area contributed by atoms with E-state index in [1.165, 1.54) is 5.56 Å². The Labute approximate surface area is 210 Å². The van der Waals surface area contributed by atoms with E-state index >= 15 is 0 Å². The molecule has 0 bridgehead atoms. The Balaban J connectivity index is 1.35. The van der Waals surface area contributed by atoms with Gasteiger partial charge in [0.2, 0.25) is 5.95 Å². The van der Waals surface area contributed by atoms with Crippen molar-refractivity contribution in [1.82, 2.24) is 19.5 Å². The average Bonchev–Trinajstić information content (AvgIpc) is 3.35. The van der Waals surface area contributed by atoms with Gasteiger partial charge in [0.15, 0.2) is 0 Å². The first kappa shape index (κ1) is 23.2. The molecule has 0 saturated heterocycles. The summed E-state index contributed by atoms with van der Waals surface area (Å²) in [7, 11) is 3.32. The van der Waals surface area contributed by atoms with E-state index in [2.05, 4.69) is 39.7 Å². The smallest absolute Gasteiger partial charge is 0.225 e. The number of methoxy groups -OCH3 is 2. The number of nitrogens with one attached hydrogen (secondary N) is 2. The van der Waals surface area contributed by atoms with Gasteiger partial charge in [-0.2, -0.15) is 4.98 Å². The molecule has 0 aliphatic heterocycles. The molecule has 0 aliphatic rings. The standard InChI is InChI=1S/C28H28N6O2/c1-19(20-8-5-4-6-9-20)32-28-29-15-14-27(33-28)34-18-31-23-16-21(12-13-24(23)34)30-17-22-25(35-2)10-7-11-26(22)36-3/h4-16,18-19,30H,17H2,1-3H3,(H,29,32,33). The van der Waals surface area contributed by atoms with Crippen molar-refractivity contribution < 1.29 is 9.47 Å². The van der Waals surface area contributed by atoms with E-state index in [1.807, 2.05) is 65.2 Å². The zero-order valence-electron chi connectivity index (χ0n) is 20.5. The molecule has 182 valence electrons. The van der Waals surface area contributed by atoms with Crippen molar-refractivity contribution in [3.05, 3.63) is 96.4 Å². The normalized spacial score (nSPS) is 11.8. The summed E-state index contributed by atoms with van der Waals surface area (Å²) in [5, 5.41) is 6.84. The third-order valence-corrected chi connectivity index (χ3v) is 6.08. The van der Waals surface area contributed by atoms with Gasteiger partial charge in [0.25, 0.3) is 0 Å². The maximum atomic E-state index is 5.50. The van der Waals surface area contributed by atoms with Crippen molar-refractivity contribution in [3.8, 4) is 17.3 Å². The van der Waals surface area contributed by atoms with Crippen LogP contribution in [0.1, 0.15) is 24.1 Å². The molecule has 36 heavy (non-hydrogen) atoms. The Hall–Kier alpha value is -4.59. The summed E-state index contributed by atoms with van der Waals surface area (Å²) in [6.07, 6.45) is 3.54. The lowest BCUT2D eigenvalue weighted by Gasteiger charge is -2.15. The summed E-state index contributed by atoms with van der Waals surface area (Å²) in [5.74, 6) is 2.87.